The van der Waals surface area contributed by atoms with Crippen molar-refractivity contribution in [2.24, 2.45) is 5.92 Å². The van der Waals surface area contributed by atoms with Crippen molar-refractivity contribution in [3.05, 3.63) is 0 Å². The second kappa shape index (κ2) is 9.92. The molecule has 0 bridgehead atoms. The second-order valence-corrected chi connectivity index (χ2v) is 8.49. The van der Waals surface area contributed by atoms with Crippen LogP contribution in [0.5, 0.6) is 0 Å². The van der Waals surface area contributed by atoms with Gasteiger partial charge in [-0.3, -0.25) is 0 Å². The van der Waals surface area contributed by atoms with Crippen LogP contribution < -0.4 is 5.32 Å². The number of rotatable bonds is 3. The maximum absolute atomic E-state index is 12.0. The van der Waals surface area contributed by atoms with Crippen LogP contribution in [-0.4, -0.2) is 84.4 Å². The molecule has 7 heteroatoms. The molecule has 1 amide bonds. The monoisotopic (exact) mass is 396 g/mol. The fraction of sp³-hybridized carbons (Fsp3) is 0.900. The molecular formula is C20H36N4O2S. The number of amides is 1. The van der Waals surface area contributed by atoms with Crippen LogP contribution in [0.2, 0.25) is 0 Å². The summed E-state index contributed by atoms with van der Waals surface area (Å²) in [5.74, 6) is 0.761. The van der Waals surface area contributed by atoms with Crippen LogP contribution in [0.1, 0.15) is 51.9 Å². The molecule has 3 aliphatic rings. The first-order valence-electron chi connectivity index (χ1n) is 10.8. The Kier molecular flexibility index (Phi) is 7.58. The Labute approximate surface area is 169 Å². The molecule has 3 fully saturated rings. The van der Waals surface area contributed by atoms with Crippen LogP contribution in [0.15, 0.2) is 0 Å². The van der Waals surface area contributed by atoms with E-state index in [1.54, 1.807) is 0 Å². The standard InChI is InChI=1S/C20H36N4O2S/c1-3-26-20(25)23-11-4-6-17(10-15-23)22-13-8-16(9-14-22)18-7-5-12-24(18)19(27)21-2/h16-18H,3-15H2,1-2H3,(H,21,27). The van der Waals surface area contributed by atoms with Gasteiger partial charge >= 0.3 is 6.09 Å². The van der Waals surface area contributed by atoms with E-state index in [0.29, 0.717) is 18.7 Å². The number of hydrogen-bond acceptors (Lipinski definition) is 4. The molecule has 0 saturated carbocycles. The van der Waals surface area contributed by atoms with E-state index in [0.717, 1.165) is 43.5 Å². The summed E-state index contributed by atoms with van der Waals surface area (Å²) < 4.78 is 5.18. The molecular weight excluding hydrogens is 360 g/mol. The lowest BCUT2D eigenvalue weighted by molar-refractivity contribution is 0.0923. The quantitative estimate of drug-likeness (QED) is 0.740. The summed E-state index contributed by atoms with van der Waals surface area (Å²) in [6, 6.07) is 1.24. The smallest absolute Gasteiger partial charge is 0.409 e. The van der Waals surface area contributed by atoms with Gasteiger partial charge in [-0.15, -0.1) is 0 Å². The SMILES string of the molecule is CCOC(=O)N1CCCC(N2CCC(C3CCCN3C(=S)NC)CC2)CC1. The van der Waals surface area contributed by atoms with Crippen LogP contribution in [0.25, 0.3) is 0 Å². The average Bonchev–Trinajstić information content (AvgIpc) is 3.05. The zero-order valence-electron chi connectivity index (χ0n) is 17.0. The van der Waals surface area contributed by atoms with Gasteiger partial charge in [0, 0.05) is 38.8 Å². The van der Waals surface area contributed by atoms with Crippen molar-refractivity contribution in [3.8, 4) is 0 Å². The molecule has 154 valence electrons. The van der Waals surface area contributed by atoms with Crippen molar-refractivity contribution < 1.29 is 9.53 Å². The predicted octanol–water partition coefficient (Wildman–Crippen LogP) is 2.68. The van der Waals surface area contributed by atoms with Crippen molar-refractivity contribution in [2.45, 2.75) is 64.0 Å². The Bertz CT molecular complexity index is 510. The van der Waals surface area contributed by atoms with Crippen molar-refractivity contribution >= 4 is 23.4 Å². The molecule has 27 heavy (non-hydrogen) atoms. The summed E-state index contributed by atoms with van der Waals surface area (Å²) >= 11 is 5.51. The van der Waals surface area contributed by atoms with Crippen molar-refractivity contribution in [1.82, 2.24) is 20.0 Å². The fourth-order valence-corrected chi connectivity index (χ4v) is 5.42. The van der Waals surface area contributed by atoms with E-state index in [2.05, 4.69) is 15.1 Å². The first-order valence-corrected chi connectivity index (χ1v) is 11.2. The van der Waals surface area contributed by atoms with Crippen LogP contribution in [0, 0.1) is 5.92 Å². The molecule has 0 radical (unpaired) electrons. The molecule has 0 spiro atoms. The van der Waals surface area contributed by atoms with Gasteiger partial charge in [0.25, 0.3) is 0 Å². The number of carbonyl (C=O) groups excluding carboxylic acids is 1. The molecule has 3 aliphatic heterocycles. The maximum Gasteiger partial charge on any atom is 0.409 e. The lowest BCUT2D eigenvalue weighted by Gasteiger charge is -2.41. The maximum atomic E-state index is 12.0. The minimum Gasteiger partial charge on any atom is -0.450 e. The summed E-state index contributed by atoms with van der Waals surface area (Å²) in [5, 5.41) is 4.09. The minimum atomic E-state index is -0.140. The van der Waals surface area contributed by atoms with Gasteiger partial charge in [-0.05, 0) is 83.1 Å². The van der Waals surface area contributed by atoms with E-state index < -0.39 is 0 Å². The van der Waals surface area contributed by atoms with Gasteiger partial charge in [-0.2, -0.15) is 0 Å². The van der Waals surface area contributed by atoms with Crippen LogP contribution in [0.4, 0.5) is 4.79 Å². The molecule has 2 atom stereocenters. The van der Waals surface area contributed by atoms with E-state index >= 15 is 0 Å². The third-order valence-corrected chi connectivity index (χ3v) is 7.07. The van der Waals surface area contributed by atoms with Crippen molar-refractivity contribution in [2.75, 3.05) is 46.4 Å². The van der Waals surface area contributed by atoms with E-state index in [1.165, 1.54) is 45.2 Å². The summed E-state index contributed by atoms with van der Waals surface area (Å²) in [5.41, 5.74) is 0. The lowest BCUT2D eigenvalue weighted by Crippen LogP contribution is -2.49. The fourth-order valence-electron chi connectivity index (χ4n) is 5.19. The number of nitrogens with zero attached hydrogens (tertiary/aromatic N) is 3. The molecule has 3 saturated heterocycles. The number of likely N-dealkylation sites (tertiary alicyclic amines) is 3. The molecule has 3 heterocycles. The van der Waals surface area contributed by atoms with E-state index in [-0.39, 0.29) is 6.09 Å². The van der Waals surface area contributed by atoms with Gasteiger partial charge < -0.3 is 24.8 Å². The van der Waals surface area contributed by atoms with Gasteiger partial charge in [0.05, 0.1) is 6.61 Å². The lowest BCUT2D eigenvalue weighted by atomic mass is 9.87. The summed E-state index contributed by atoms with van der Waals surface area (Å²) in [6.45, 7) is 7.48. The zero-order chi connectivity index (χ0) is 19.2. The Hall–Kier alpha value is -1.08. The van der Waals surface area contributed by atoms with Gasteiger partial charge in [0.1, 0.15) is 0 Å². The van der Waals surface area contributed by atoms with Crippen LogP contribution in [0.3, 0.4) is 0 Å². The summed E-state index contributed by atoms with van der Waals surface area (Å²) in [7, 11) is 1.94. The first-order chi connectivity index (χ1) is 13.1. The van der Waals surface area contributed by atoms with Crippen molar-refractivity contribution in [1.29, 1.82) is 0 Å². The largest absolute Gasteiger partial charge is 0.450 e. The normalized spacial score (nSPS) is 28.1. The van der Waals surface area contributed by atoms with Crippen molar-refractivity contribution in [3.63, 3.8) is 0 Å². The minimum absolute atomic E-state index is 0.140. The zero-order valence-corrected chi connectivity index (χ0v) is 17.8. The van der Waals surface area contributed by atoms with Gasteiger partial charge in [-0.25, -0.2) is 4.79 Å². The number of carbonyl (C=O) groups is 1. The number of piperidine rings is 1. The third kappa shape index (κ3) is 5.05. The highest BCUT2D eigenvalue weighted by molar-refractivity contribution is 7.80. The molecule has 1 N–H and O–H groups in total. The molecule has 0 aliphatic carbocycles. The molecule has 6 nitrogen and oxygen atoms in total. The highest BCUT2D eigenvalue weighted by Gasteiger charge is 2.36. The third-order valence-electron chi connectivity index (χ3n) is 6.63. The average molecular weight is 397 g/mol. The Morgan fingerprint density at radius 3 is 2.48 bits per heavy atom. The number of thiocarbonyl (C=S) groups is 1. The van der Waals surface area contributed by atoms with Gasteiger partial charge in [0.2, 0.25) is 0 Å². The van der Waals surface area contributed by atoms with E-state index in [9.17, 15) is 4.79 Å². The Balaban J connectivity index is 1.48. The molecule has 0 aromatic heterocycles. The predicted molar refractivity (Wildman–Crippen MR) is 112 cm³/mol. The van der Waals surface area contributed by atoms with Crippen LogP contribution >= 0.6 is 12.2 Å². The van der Waals surface area contributed by atoms with Gasteiger partial charge in [-0.1, -0.05) is 0 Å². The Morgan fingerprint density at radius 1 is 1.04 bits per heavy atom. The van der Waals surface area contributed by atoms with E-state index in [1.807, 2.05) is 18.9 Å². The van der Waals surface area contributed by atoms with Crippen LogP contribution in [-0.2, 0) is 4.74 Å². The number of hydrogen-bond donors (Lipinski definition) is 1. The summed E-state index contributed by atoms with van der Waals surface area (Å²) in [4.78, 5) is 19.0. The number of nitrogens with one attached hydrogen (secondary N) is 1. The first kappa shape index (κ1) is 20.6. The Morgan fingerprint density at radius 2 is 1.78 bits per heavy atom. The van der Waals surface area contributed by atoms with E-state index in [4.69, 9.17) is 17.0 Å². The van der Waals surface area contributed by atoms with Gasteiger partial charge in [0.15, 0.2) is 5.11 Å². The molecule has 0 aromatic carbocycles. The molecule has 3 rings (SSSR count). The highest BCUT2D eigenvalue weighted by Crippen LogP contribution is 2.32. The topological polar surface area (TPSA) is 48.1 Å². The number of ether oxygens (including phenoxy) is 1. The second-order valence-electron chi connectivity index (χ2n) is 8.10. The highest BCUT2D eigenvalue weighted by atomic mass is 32.1. The molecule has 0 aromatic rings. The molecule has 2 unspecified atom stereocenters. The summed E-state index contributed by atoms with van der Waals surface area (Å²) in [6.07, 6.45) is 8.29.